The van der Waals surface area contributed by atoms with Crippen LogP contribution in [0.25, 0.3) is 12.2 Å². The van der Waals surface area contributed by atoms with Crippen molar-refractivity contribution in [1.82, 2.24) is 9.55 Å². The zero-order valence-electron chi connectivity index (χ0n) is 27.8. The molecule has 5 rings (SSSR count). The number of anilines is 1. The van der Waals surface area contributed by atoms with Crippen molar-refractivity contribution in [3.63, 3.8) is 0 Å². The van der Waals surface area contributed by atoms with Crippen LogP contribution >= 0.6 is 0 Å². The van der Waals surface area contributed by atoms with Crippen molar-refractivity contribution in [2.75, 3.05) is 18.6 Å². The van der Waals surface area contributed by atoms with Crippen molar-refractivity contribution < 1.29 is 9.13 Å². The number of hydrogen-bond acceptors (Lipinski definition) is 3. The maximum Gasteiger partial charge on any atom is 0.123 e. The van der Waals surface area contributed by atoms with E-state index in [9.17, 15) is 4.39 Å². The molecule has 232 valence electrons. The molecule has 1 unspecified atom stereocenters. The lowest BCUT2D eigenvalue weighted by atomic mass is 9.76. The highest BCUT2D eigenvalue weighted by molar-refractivity contribution is 5.68. The lowest BCUT2D eigenvalue weighted by molar-refractivity contribution is 0.411. The van der Waals surface area contributed by atoms with Gasteiger partial charge in [-0.1, -0.05) is 91.3 Å². The summed E-state index contributed by atoms with van der Waals surface area (Å²) in [6.45, 7) is 18.5. The molecule has 1 atom stereocenters. The van der Waals surface area contributed by atoms with Crippen LogP contribution in [0.1, 0.15) is 96.2 Å². The van der Waals surface area contributed by atoms with E-state index in [1.54, 1.807) is 7.11 Å². The fraction of sp³-hybridized carbons (Fsp3) is 0.395. The first-order chi connectivity index (χ1) is 20.9. The van der Waals surface area contributed by atoms with Crippen molar-refractivity contribution in [2.45, 2.75) is 86.7 Å². The SMILES string of the molecule is CC.CC.CCC.CCCn1cnc(/C=C/c2ccc(C3(C)c4ccc(OC)cc4CCN3c3ccc(F)cc3)cc2)c1. The van der Waals surface area contributed by atoms with Gasteiger partial charge in [-0.3, -0.25) is 0 Å². The summed E-state index contributed by atoms with van der Waals surface area (Å²) in [7, 11) is 1.70. The van der Waals surface area contributed by atoms with Gasteiger partial charge >= 0.3 is 0 Å². The first-order valence-corrected chi connectivity index (χ1v) is 15.9. The molecule has 0 bridgehead atoms. The molecule has 0 saturated carbocycles. The molecular formula is C38H52FN3O. The van der Waals surface area contributed by atoms with Crippen LogP contribution in [0, 0.1) is 5.82 Å². The molecule has 1 aromatic heterocycles. The number of nitrogens with zero attached hydrogens (tertiary/aromatic N) is 3. The summed E-state index contributed by atoms with van der Waals surface area (Å²) in [5, 5.41) is 0. The Bertz CT molecular complexity index is 1380. The summed E-state index contributed by atoms with van der Waals surface area (Å²) in [5.74, 6) is 0.645. The minimum absolute atomic E-state index is 0.224. The minimum Gasteiger partial charge on any atom is -0.497 e. The van der Waals surface area contributed by atoms with Gasteiger partial charge < -0.3 is 14.2 Å². The number of benzene rings is 3. The molecule has 2 heterocycles. The minimum atomic E-state index is -0.418. The van der Waals surface area contributed by atoms with Crippen molar-refractivity contribution in [2.24, 2.45) is 0 Å². The normalized spacial score (nSPS) is 15.3. The summed E-state index contributed by atoms with van der Waals surface area (Å²) in [5.41, 5.74) is 6.36. The predicted molar refractivity (Wildman–Crippen MR) is 183 cm³/mol. The monoisotopic (exact) mass is 585 g/mol. The van der Waals surface area contributed by atoms with Gasteiger partial charge in [0.05, 0.1) is 24.7 Å². The Hall–Kier alpha value is -3.86. The molecule has 4 aromatic rings. The molecule has 43 heavy (non-hydrogen) atoms. The van der Waals surface area contributed by atoms with Gasteiger partial charge in [0.1, 0.15) is 11.6 Å². The highest BCUT2D eigenvalue weighted by Crippen LogP contribution is 2.44. The van der Waals surface area contributed by atoms with Gasteiger partial charge in [-0.15, -0.1) is 0 Å². The van der Waals surface area contributed by atoms with Crippen LogP contribution in [0.4, 0.5) is 10.1 Å². The zero-order valence-corrected chi connectivity index (χ0v) is 27.8. The van der Waals surface area contributed by atoms with E-state index in [0.29, 0.717) is 0 Å². The van der Waals surface area contributed by atoms with Crippen LogP contribution in [-0.4, -0.2) is 23.2 Å². The van der Waals surface area contributed by atoms with Gasteiger partial charge in [-0.25, -0.2) is 9.37 Å². The first kappa shape index (κ1) is 35.3. The van der Waals surface area contributed by atoms with Gasteiger partial charge in [0.25, 0.3) is 0 Å². The van der Waals surface area contributed by atoms with Crippen LogP contribution in [0.2, 0.25) is 0 Å². The Kier molecular flexibility index (Phi) is 14.7. The van der Waals surface area contributed by atoms with Gasteiger partial charge in [0.2, 0.25) is 0 Å². The standard InChI is InChI=1S/C31H32FN3O.C3H8.2C2H6/c1-4-18-34-21-27(33-22-34)12-7-23-5-8-25(9-6-23)31(2)30-16-15-29(36-3)20-24(30)17-19-35(31)28-13-10-26(32)11-14-28;1-3-2;2*1-2/h5-16,20-22H,4,17-19H2,1-3H3;3H2,1-2H3;2*1-2H3/b12-7+;;;. The summed E-state index contributed by atoms with van der Waals surface area (Å²) in [6.07, 6.45) is 11.3. The third-order valence-electron chi connectivity index (χ3n) is 7.17. The topological polar surface area (TPSA) is 30.3 Å². The molecular weight excluding hydrogens is 533 g/mol. The van der Waals surface area contributed by atoms with Crippen LogP contribution in [0.3, 0.4) is 0 Å². The van der Waals surface area contributed by atoms with E-state index >= 15 is 0 Å². The second-order valence-electron chi connectivity index (χ2n) is 10.2. The Labute approximate surface area is 260 Å². The van der Waals surface area contributed by atoms with Crippen molar-refractivity contribution in [3.8, 4) is 5.75 Å². The number of halogens is 1. The van der Waals surface area contributed by atoms with Gasteiger partial charge in [0.15, 0.2) is 0 Å². The van der Waals surface area contributed by atoms with Crippen LogP contribution in [0.5, 0.6) is 5.75 Å². The maximum absolute atomic E-state index is 13.7. The molecule has 4 nitrogen and oxygen atoms in total. The smallest absolute Gasteiger partial charge is 0.123 e. The highest BCUT2D eigenvalue weighted by Gasteiger charge is 2.40. The number of rotatable bonds is 7. The molecule has 0 saturated heterocycles. The molecule has 0 spiro atoms. The molecule has 1 aliphatic heterocycles. The molecule has 0 fully saturated rings. The second-order valence-corrected chi connectivity index (χ2v) is 10.2. The first-order valence-electron chi connectivity index (χ1n) is 15.9. The molecule has 1 aliphatic rings. The van der Waals surface area contributed by atoms with Crippen molar-refractivity contribution in [3.05, 3.63) is 113 Å². The molecule has 0 N–H and O–H groups in total. The third-order valence-corrected chi connectivity index (χ3v) is 7.17. The van der Waals surface area contributed by atoms with E-state index in [1.807, 2.05) is 52.2 Å². The van der Waals surface area contributed by atoms with E-state index in [1.165, 1.54) is 35.2 Å². The largest absolute Gasteiger partial charge is 0.497 e. The fourth-order valence-corrected chi connectivity index (χ4v) is 5.24. The maximum atomic E-state index is 13.7. The number of fused-ring (bicyclic) bond motifs is 1. The van der Waals surface area contributed by atoms with E-state index in [0.717, 1.165) is 48.6 Å². The molecule has 0 amide bonds. The number of aryl methyl sites for hydroxylation is 1. The number of hydrogen-bond donors (Lipinski definition) is 0. The van der Waals surface area contributed by atoms with Gasteiger partial charge in [-0.2, -0.15) is 0 Å². The van der Waals surface area contributed by atoms with Crippen LogP contribution in [-0.2, 0) is 18.5 Å². The summed E-state index contributed by atoms with van der Waals surface area (Å²) in [4.78, 5) is 6.85. The van der Waals surface area contributed by atoms with Gasteiger partial charge in [0, 0.05) is 25.0 Å². The van der Waals surface area contributed by atoms with E-state index < -0.39 is 5.54 Å². The predicted octanol–water partition coefficient (Wildman–Crippen LogP) is 10.4. The average Bonchev–Trinajstić information content (AvgIpc) is 3.50. The van der Waals surface area contributed by atoms with Crippen molar-refractivity contribution >= 4 is 17.8 Å². The zero-order chi connectivity index (χ0) is 31.8. The second kappa shape index (κ2) is 17.9. The molecule has 5 heteroatoms. The fourth-order valence-electron chi connectivity index (χ4n) is 5.24. The highest BCUT2D eigenvalue weighted by atomic mass is 19.1. The van der Waals surface area contributed by atoms with Crippen molar-refractivity contribution in [1.29, 1.82) is 0 Å². The Morgan fingerprint density at radius 2 is 1.56 bits per heavy atom. The summed E-state index contributed by atoms with van der Waals surface area (Å²) < 4.78 is 21.3. The van der Waals surface area contributed by atoms with Gasteiger partial charge in [-0.05, 0) is 84.5 Å². The number of ether oxygens (including phenoxy) is 1. The summed E-state index contributed by atoms with van der Waals surface area (Å²) in [6, 6.07) is 21.9. The summed E-state index contributed by atoms with van der Waals surface area (Å²) >= 11 is 0. The molecule has 0 aliphatic carbocycles. The quantitative estimate of drug-likeness (QED) is 0.216. The number of imidazole rings is 1. The Balaban J connectivity index is 0.000000853. The molecule has 0 radical (unpaired) electrons. The van der Waals surface area contributed by atoms with E-state index in [-0.39, 0.29) is 5.82 Å². The molecule has 3 aromatic carbocycles. The number of methoxy groups -OCH3 is 1. The van der Waals surface area contributed by atoms with E-state index in [2.05, 4.69) is 96.9 Å². The lowest BCUT2D eigenvalue weighted by Gasteiger charge is -2.48. The van der Waals surface area contributed by atoms with Crippen LogP contribution < -0.4 is 9.64 Å². The lowest BCUT2D eigenvalue weighted by Crippen LogP contribution is -2.49. The van der Waals surface area contributed by atoms with Crippen LogP contribution in [0.15, 0.2) is 79.3 Å². The third kappa shape index (κ3) is 8.82. The Morgan fingerprint density at radius 1 is 0.907 bits per heavy atom. The average molecular weight is 586 g/mol. The number of aromatic nitrogens is 2. The van der Waals surface area contributed by atoms with E-state index in [4.69, 9.17) is 4.74 Å². The Morgan fingerprint density at radius 3 is 2.16 bits per heavy atom.